The van der Waals surface area contributed by atoms with Gasteiger partial charge in [-0.3, -0.25) is 24.2 Å². The minimum atomic E-state index is -0.233. The number of hydrogen-bond donors (Lipinski definition) is 1. The molecular weight excluding hydrogens is 350 g/mol. The predicted molar refractivity (Wildman–Crippen MR) is 102 cm³/mol. The maximum absolute atomic E-state index is 12.5. The van der Waals surface area contributed by atoms with E-state index in [1.54, 1.807) is 23.7 Å². The molecule has 0 spiro atoms. The van der Waals surface area contributed by atoms with Crippen molar-refractivity contribution < 1.29 is 14.4 Å². The fraction of sp³-hybridized carbons (Fsp3) is 0.421. The molecule has 1 N–H and O–H groups in total. The Kier molecular flexibility index (Phi) is 5.78. The fourth-order valence-electron chi connectivity index (χ4n) is 3.48. The zero-order valence-electron chi connectivity index (χ0n) is 15.0. The van der Waals surface area contributed by atoms with Crippen LogP contribution in [-0.4, -0.2) is 54.0 Å². The van der Waals surface area contributed by atoms with E-state index in [4.69, 9.17) is 0 Å². The van der Waals surface area contributed by atoms with Gasteiger partial charge in [-0.15, -0.1) is 11.8 Å². The van der Waals surface area contributed by atoms with Gasteiger partial charge in [0.1, 0.15) is 0 Å². The number of allylic oxidation sites excluding steroid dienone is 2. The molecular formula is C19H23N3O3S. The van der Waals surface area contributed by atoms with E-state index in [-0.39, 0.29) is 42.8 Å². The summed E-state index contributed by atoms with van der Waals surface area (Å²) in [4.78, 5) is 41.3. The Bertz CT molecular complexity index is 723. The molecule has 138 valence electrons. The van der Waals surface area contributed by atoms with Crippen LogP contribution in [0.1, 0.15) is 12.8 Å². The molecule has 1 aliphatic carbocycles. The monoisotopic (exact) mass is 373 g/mol. The summed E-state index contributed by atoms with van der Waals surface area (Å²) in [7, 11) is 1.74. The molecule has 3 amide bonds. The molecule has 26 heavy (non-hydrogen) atoms. The number of imide groups is 1. The van der Waals surface area contributed by atoms with Gasteiger partial charge in [0.05, 0.1) is 30.7 Å². The third-order valence-electron chi connectivity index (χ3n) is 4.78. The predicted octanol–water partition coefficient (Wildman–Crippen LogP) is 2.19. The van der Waals surface area contributed by atoms with Crippen molar-refractivity contribution in [2.24, 2.45) is 11.8 Å². The van der Waals surface area contributed by atoms with Crippen LogP contribution in [0, 0.1) is 11.8 Å². The van der Waals surface area contributed by atoms with Gasteiger partial charge in [-0.25, -0.2) is 0 Å². The van der Waals surface area contributed by atoms with E-state index in [0.29, 0.717) is 12.8 Å². The van der Waals surface area contributed by atoms with E-state index >= 15 is 0 Å². The maximum Gasteiger partial charge on any atom is 0.238 e. The zero-order chi connectivity index (χ0) is 18.7. The van der Waals surface area contributed by atoms with Crippen molar-refractivity contribution in [3.8, 4) is 0 Å². The number of anilines is 1. The second-order valence-electron chi connectivity index (χ2n) is 6.66. The van der Waals surface area contributed by atoms with Gasteiger partial charge in [0, 0.05) is 4.90 Å². The summed E-state index contributed by atoms with van der Waals surface area (Å²) in [5.74, 6) is -0.882. The van der Waals surface area contributed by atoms with E-state index in [2.05, 4.69) is 5.32 Å². The van der Waals surface area contributed by atoms with Crippen LogP contribution >= 0.6 is 11.8 Å². The average molecular weight is 373 g/mol. The first kappa shape index (κ1) is 18.7. The molecule has 2 aliphatic rings. The molecule has 0 unspecified atom stereocenters. The number of para-hydroxylation sites is 1. The first-order valence-electron chi connectivity index (χ1n) is 8.63. The first-order valence-corrected chi connectivity index (χ1v) is 9.85. The van der Waals surface area contributed by atoms with Gasteiger partial charge >= 0.3 is 0 Å². The van der Waals surface area contributed by atoms with Crippen LogP contribution in [0.5, 0.6) is 0 Å². The van der Waals surface area contributed by atoms with Crippen molar-refractivity contribution in [2.45, 2.75) is 17.7 Å². The summed E-state index contributed by atoms with van der Waals surface area (Å²) in [6, 6.07) is 7.60. The number of nitrogens with zero attached hydrogens (tertiary/aromatic N) is 2. The number of fused-ring (bicyclic) bond motifs is 1. The molecule has 0 aromatic heterocycles. The van der Waals surface area contributed by atoms with E-state index in [0.717, 1.165) is 10.6 Å². The fourth-order valence-corrected chi connectivity index (χ4v) is 4.04. The van der Waals surface area contributed by atoms with Crippen molar-refractivity contribution >= 4 is 35.2 Å². The van der Waals surface area contributed by atoms with Gasteiger partial charge in [-0.05, 0) is 38.3 Å². The van der Waals surface area contributed by atoms with Crippen LogP contribution in [-0.2, 0) is 14.4 Å². The zero-order valence-corrected chi connectivity index (χ0v) is 15.8. The molecule has 1 aliphatic heterocycles. The highest BCUT2D eigenvalue weighted by Crippen LogP contribution is 2.35. The highest BCUT2D eigenvalue weighted by molar-refractivity contribution is 7.98. The number of amides is 3. The van der Waals surface area contributed by atoms with E-state index in [9.17, 15) is 14.4 Å². The second kappa shape index (κ2) is 8.05. The van der Waals surface area contributed by atoms with Crippen LogP contribution in [0.15, 0.2) is 41.3 Å². The summed E-state index contributed by atoms with van der Waals surface area (Å²) in [5.41, 5.74) is 0.767. The molecule has 1 saturated heterocycles. The minimum absolute atomic E-state index is 0.105. The Hall–Kier alpha value is -2.12. The summed E-state index contributed by atoms with van der Waals surface area (Å²) >= 11 is 1.56. The van der Waals surface area contributed by atoms with Gasteiger partial charge < -0.3 is 5.32 Å². The SMILES string of the molecule is CSc1ccccc1NC(=O)CN(C)CN1C(=O)[C@H]2CC=CC[C@@H]2C1=O. The lowest BCUT2D eigenvalue weighted by molar-refractivity contribution is -0.142. The number of carbonyl (C=O) groups excluding carboxylic acids is 3. The highest BCUT2D eigenvalue weighted by Gasteiger charge is 2.47. The van der Waals surface area contributed by atoms with E-state index in [1.807, 2.05) is 42.7 Å². The van der Waals surface area contributed by atoms with Crippen LogP contribution in [0.3, 0.4) is 0 Å². The van der Waals surface area contributed by atoms with Crippen molar-refractivity contribution in [2.75, 3.05) is 31.8 Å². The van der Waals surface area contributed by atoms with Crippen molar-refractivity contribution in [3.05, 3.63) is 36.4 Å². The van der Waals surface area contributed by atoms with Crippen LogP contribution in [0.25, 0.3) is 0 Å². The number of hydrogen-bond acceptors (Lipinski definition) is 5. The number of rotatable bonds is 6. The molecule has 1 aromatic carbocycles. The second-order valence-corrected chi connectivity index (χ2v) is 7.51. The summed E-state index contributed by atoms with van der Waals surface area (Å²) in [5, 5.41) is 2.89. The normalized spacial score (nSPS) is 22.0. The van der Waals surface area contributed by atoms with Crippen LogP contribution < -0.4 is 5.32 Å². The molecule has 2 atom stereocenters. The lowest BCUT2D eigenvalue weighted by Crippen LogP contribution is -2.43. The molecule has 0 bridgehead atoms. The maximum atomic E-state index is 12.5. The van der Waals surface area contributed by atoms with Gasteiger partial charge in [0.2, 0.25) is 17.7 Å². The Morgan fingerprint density at radius 1 is 1.19 bits per heavy atom. The molecule has 1 heterocycles. The summed E-state index contributed by atoms with van der Waals surface area (Å²) < 4.78 is 0. The van der Waals surface area contributed by atoms with E-state index < -0.39 is 0 Å². The molecule has 6 nitrogen and oxygen atoms in total. The smallest absolute Gasteiger partial charge is 0.238 e. The topological polar surface area (TPSA) is 69.7 Å². The Morgan fingerprint density at radius 2 is 1.81 bits per heavy atom. The van der Waals surface area contributed by atoms with Crippen molar-refractivity contribution in [1.29, 1.82) is 0 Å². The number of benzene rings is 1. The van der Waals surface area contributed by atoms with Crippen LogP contribution in [0.4, 0.5) is 5.69 Å². The highest BCUT2D eigenvalue weighted by atomic mass is 32.2. The van der Waals surface area contributed by atoms with Crippen LogP contribution in [0.2, 0.25) is 0 Å². The first-order chi connectivity index (χ1) is 12.5. The number of likely N-dealkylation sites (N-methyl/N-ethyl adjacent to an activating group) is 1. The lowest BCUT2D eigenvalue weighted by atomic mass is 9.85. The van der Waals surface area contributed by atoms with Crippen molar-refractivity contribution in [1.82, 2.24) is 9.80 Å². The Morgan fingerprint density at radius 3 is 2.42 bits per heavy atom. The molecule has 0 saturated carbocycles. The third kappa shape index (κ3) is 3.83. The minimum Gasteiger partial charge on any atom is -0.324 e. The average Bonchev–Trinajstić information content (AvgIpc) is 2.87. The van der Waals surface area contributed by atoms with Gasteiger partial charge in [0.15, 0.2) is 0 Å². The quantitative estimate of drug-likeness (QED) is 0.470. The Balaban J connectivity index is 1.57. The number of carbonyl (C=O) groups is 3. The number of likely N-dealkylation sites (tertiary alicyclic amines) is 1. The molecule has 3 rings (SSSR count). The number of nitrogens with one attached hydrogen (secondary N) is 1. The Labute approximate surface area is 157 Å². The summed E-state index contributed by atoms with van der Waals surface area (Å²) in [6.07, 6.45) is 7.14. The largest absolute Gasteiger partial charge is 0.324 e. The van der Waals surface area contributed by atoms with Gasteiger partial charge in [0.25, 0.3) is 0 Å². The van der Waals surface area contributed by atoms with Crippen molar-refractivity contribution in [3.63, 3.8) is 0 Å². The van der Waals surface area contributed by atoms with Gasteiger partial charge in [-0.1, -0.05) is 24.3 Å². The standard InChI is InChI=1S/C19H23N3O3S/c1-21(11-17(23)20-15-9-5-6-10-16(15)26-2)12-22-18(24)13-7-3-4-8-14(13)19(22)25/h3-6,9-10,13-14H,7-8,11-12H2,1-2H3,(H,20,23)/t13-,14-/m0/s1. The van der Waals surface area contributed by atoms with Gasteiger partial charge in [-0.2, -0.15) is 0 Å². The molecule has 1 aromatic rings. The molecule has 0 radical (unpaired) electrons. The molecule has 1 fully saturated rings. The lowest BCUT2D eigenvalue weighted by Gasteiger charge is -2.23. The number of thioether (sulfide) groups is 1. The summed E-state index contributed by atoms with van der Waals surface area (Å²) in [6.45, 7) is 0.246. The van der Waals surface area contributed by atoms with E-state index in [1.165, 1.54) is 4.90 Å². The molecule has 7 heteroatoms. The third-order valence-corrected chi connectivity index (χ3v) is 5.57.